The Bertz CT molecular complexity index is 351. The van der Waals surface area contributed by atoms with Crippen LogP contribution in [-0.4, -0.2) is 22.2 Å². The molecule has 1 aliphatic carbocycles. The number of rotatable bonds is 3. The lowest BCUT2D eigenvalue weighted by molar-refractivity contribution is -0.143. The van der Waals surface area contributed by atoms with E-state index in [0.29, 0.717) is 0 Å². The molecule has 1 aliphatic rings. The molecule has 1 atom stereocenters. The van der Waals surface area contributed by atoms with Crippen molar-refractivity contribution < 1.29 is 19.8 Å². The molecule has 74 valence electrons. The molecule has 0 fully saturated rings. The van der Waals surface area contributed by atoms with Gasteiger partial charge in [-0.25, -0.2) is 4.79 Å². The SMILES string of the molecule is C=CC1(C(=O)O)C=CC(C(=O)O)=CC1. The van der Waals surface area contributed by atoms with Crippen LogP contribution in [0, 0.1) is 5.41 Å². The average Bonchev–Trinajstić information content (AvgIpc) is 2.17. The van der Waals surface area contributed by atoms with Crippen molar-refractivity contribution in [2.24, 2.45) is 5.41 Å². The maximum absolute atomic E-state index is 10.9. The van der Waals surface area contributed by atoms with Crippen LogP contribution in [-0.2, 0) is 9.59 Å². The Morgan fingerprint density at radius 3 is 2.43 bits per heavy atom. The second-order valence-corrected chi connectivity index (χ2v) is 3.05. The van der Waals surface area contributed by atoms with Crippen molar-refractivity contribution in [3.05, 3.63) is 36.5 Å². The van der Waals surface area contributed by atoms with Gasteiger partial charge in [0, 0.05) is 0 Å². The van der Waals surface area contributed by atoms with Gasteiger partial charge >= 0.3 is 11.9 Å². The molecule has 0 radical (unpaired) electrons. The van der Waals surface area contributed by atoms with E-state index < -0.39 is 17.4 Å². The molecule has 1 rings (SSSR count). The summed E-state index contributed by atoms with van der Waals surface area (Å²) in [6, 6.07) is 0. The molecule has 0 bridgehead atoms. The normalized spacial score (nSPS) is 25.3. The van der Waals surface area contributed by atoms with Crippen LogP contribution in [0.15, 0.2) is 36.5 Å². The Morgan fingerprint density at radius 1 is 1.50 bits per heavy atom. The molecule has 0 spiro atoms. The van der Waals surface area contributed by atoms with Gasteiger partial charge in [0.1, 0.15) is 5.41 Å². The second kappa shape index (κ2) is 3.49. The number of carboxylic acid groups (broad SMARTS) is 2. The first-order valence-corrected chi connectivity index (χ1v) is 4.01. The quantitative estimate of drug-likeness (QED) is 0.662. The van der Waals surface area contributed by atoms with Gasteiger partial charge in [-0.05, 0) is 6.42 Å². The Hall–Kier alpha value is -1.84. The summed E-state index contributed by atoms with van der Waals surface area (Å²) in [6.07, 6.45) is 5.47. The van der Waals surface area contributed by atoms with E-state index in [4.69, 9.17) is 10.2 Å². The van der Waals surface area contributed by atoms with E-state index in [2.05, 4.69) is 6.58 Å². The number of allylic oxidation sites excluding steroid dienone is 1. The molecule has 0 heterocycles. The topological polar surface area (TPSA) is 74.6 Å². The van der Waals surface area contributed by atoms with Crippen LogP contribution in [0.1, 0.15) is 6.42 Å². The molecular formula is C10H10O4. The van der Waals surface area contributed by atoms with Gasteiger partial charge in [0.05, 0.1) is 5.57 Å². The van der Waals surface area contributed by atoms with Crippen LogP contribution in [0.25, 0.3) is 0 Å². The fraction of sp³-hybridized carbons (Fsp3) is 0.200. The Balaban J connectivity index is 2.96. The van der Waals surface area contributed by atoms with Gasteiger partial charge in [-0.2, -0.15) is 0 Å². The Kier molecular flexibility index (Phi) is 2.56. The maximum atomic E-state index is 10.9. The minimum absolute atomic E-state index is 0.115. The standard InChI is InChI=1S/C10H10O4/c1-2-10(9(13)14)5-3-7(4-6-10)8(11)12/h2-5H,1,6H2,(H,11,12)(H,13,14). The van der Waals surface area contributed by atoms with E-state index in [1.54, 1.807) is 0 Å². The van der Waals surface area contributed by atoms with Gasteiger partial charge in [-0.3, -0.25) is 4.79 Å². The highest BCUT2D eigenvalue weighted by Crippen LogP contribution is 2.31. The van der Waals surface area contributed by atoms with Crippen molar-refractivity contribution in [3.63, 3.8) is 0 Å². The molecule has 1 unspecified atom stereocenters. The summed E-state index contributed by atoms with van der Waals surface area (Å²) >= 11 is 0. The number of aliphatic carboxylic acids is 2. The third-order valence-corrected chi connectivity index (χ3v) is 2.23. The van der Waals surface area contributed by atoms with E-state index in [1.165, 1.54) is 24.3 Å². The highest BCUT2D eigenvalue weighted by molar-refractivity contribution is 5.91. The molecule has 0 saturated heterocycles. The Morgan fingerprint density at radius 2 is 2.14 bits per heavy atom. The Labute approximate surface area is 80.9 Å². The monoisotopic (exact) mass is 194 g/mol. The third kappa shape index (κ3) is 1.59. The summed E-state index contributed by atoms with van der Waals surface area (Å²) in [5.41, 5.74) is -1.04. The van der Waals surface area contributed by atoms with Crippen molar-refractivity contribution >= 4 is 11.9 Å². The average molecular weight is 194 g/mol. The zero-order chi connectivity index (χ0) is 10.8. The molecule has 0 amide bonds. The largest absolute Gasteiger partial charge is 0.480 e. The van der Waals surface area contributed by atoms with Crippen LogP contribution in [0.4, 0.5) is 0 Å². The summed E-state index contributed by atoms with van der Waals surface area (Å²) in [6.45, 7) is 3.44. The van der Waals surface area contributed by atoms with Crippen molar-refractivity contribution in [2.75, 3.05) is 0 Å². The van der Waals surface area contributed by atoms with Crippen molar-refractivity contribution in [2.45, 2.75) is 6.42 Å². The molecule has 14 heavy (non-hydrogen) atoms. The predicted octanol–water partition coefficient (Wildman–Crippen LogP) is 1.21. The van der Waals surface area contributed by atoms with E-state index in [1.807, 2.05) is 0 Å². The summed E-state index contributed by atoms with van der Waals surface area (Å²) in [5, 5.41) is 17.5. The molecule has 0 saturated carbocycles. The van der Waals surface area contributed by atoms with Crippen LogP contribution >= 0.6 is 0 Å². The first-order valence-electron chi connectivity index (χ1n) is 4.01. The molecule has 4 heteroatoms. The molecule has 4 nitrogen and oxygen atoms in total. The fourth-order valence-electron chi connectivity index (χ4n) is 1.21. The number of hydrogen-bond donors (Lipinski definition) is 2. The fourth-order valence-corrected chi connectivity index (χ4v) is 1.21. The van der Waals surface area contributed by atoms with Gasteiger partial charge in [-0.15, -0.1) is 6.58 Å². The summed E-state index contributed by atoms with van der Waals surface area (Å²) in [4.78, 5) is 21.4. The van der Waals surface area contributed by atoms with Gasteiger partial charge in [0.25, 0.3) is 0 Å². The predicted molar refractivity (Wildman–Crippen MR) is 49.7 cm³/mol. The zero-order valence-electron chi connectivity index (χ0n) is 7.43. The summed E-state index contributed by atoms with van der Waals surface area (Å²) < 4.78 is 0. The highest BCUT2D eigenvalue weighted by atomic mass is 16.4. The highest BCUT2D eigenvalue weighted by Gasteiger charge is 2.33. The summed E-state index contributed by atoms with van der Waals surface area (Å²) in [7, 11) is 0. The lowest BCUT2D eigenvalue weighted by atomic mass is 9.80. The molecular weight excluding hydrogens is 184 g/mol. The first kappa shape index (κ1) is 10.2. The minimum Gasteiger partial charge on any atom is -0.480 e. The lowest BCUT2D eigenvalue weighted by Crippen LogP contribution is -2.27. The van der Waals surface area contributed by atoms with E-state index >= 15 is 0 Å². The molecule has 0 aromatic rings. The lowest BCUT2D eigenvalue weighted by Gasteiger charge is -2.22. The maximum Gasteiger partial charge on any atom is 0.335 e. The van der Waals surface area contributed by atoms with Gasteiger partial charge < -0.3 is 10.2 Å². The van der Waals surface area contributed by atoms with Crippen LogP contribution in [0.2, 0.25) is 0 Å². The minimum atomic E-state index is -1.15. The number of carboxylic acids is 2. The van der Waals surface area contributed by atoms with Gasteiger partial charge in [-0.1, -0.05) is 24.3 Å². The van der Waals surface area contributed by atoms with Gasteiger partial charge in [0.15, 0.2) is 0 Å². The molecule has 0 aromatic heterocycles. The molecule has 0 aliphatic heterocycles. The molecule has 0 aromatic carbocycles. The second-order valence-electron chi connectivity index (χ2n) is 3.05. The van der Waals surface area contributed by atoms with Crippen LogP contribution in [0.5, 0.6) is 0 Å². The van der Waals surface area contributed by atoms with Crippen molar-refractivity contribution in [3.8, 4) is 0 Å². The zero-order valence-corrected chi connectivity index (χ0v) is 7.43. The van der Waals surface area contributed by atoms with Crippen LogP contribution in [0.3, 0.4) is 0 Å². The van der Waals surface area contributed by atoms with E-state index in [-0.39, 0.29) is 12.0 Å². The van der Waals surface area contributed by atoms with Crippen molar-refractivity contribution in [1.82, 2.24) is 0 Å². The first-order chi connectivity index (χ1) is 6.52. The van der Waals surface area contributed by atoms with Crippen molar-refractivity contribution in [1.29, 1.82) is 0 Å². The number of carbonyl (C=O) groups is 2. The van der Waals surface area contributed by atoms with E-state index in [0.717, 1.165) is 0 Å². The smallest absolute Gasteiger partial charge is 0.335 e. The molecule has 2 N–H and O–H groups in total. The third-order valence-electron chi connectivity index (χ3n) is 2.23. The number of hydrogen-bond acceptors (Lipinski definition) is 2. The van der Waals surface area contributed by atoms with Crippen LogP contribution < -0.4 is 0 Å². The summed E-state index contributed by atoms with van der Waals surface area (Å²) in [5.74, 6) is -2.08. The van der Waals surface area contributed by atoms with E-state index in [9.17, 15) is 9.59 Å². The van der Waals surface area contributed by atoms with Gasteiger partial charge in [0.2, 0.25) is 0 Å².